The monoisotopic (exact) mass is 1860 g/mol. The third-order valence-corrected chi connectivity index (χ3v) is 18.3. The van der Waals surface area contributed by atoms with Crippen LogP contribution < -0.4 is 10.6 Å². The fourth-order valence-corrected chi connectivity index (χ4v) is 13.0. The van der Waals surface area contributed by atoms with E-state index in [-0.39, 0.29) is 67.8 Å². The molecule has 0 bridgehead atoms. The summed E-state index contributed by atoms with van der Waals surface area (Å²) in [5.74, 6) is -0.170. The Kier molecular flexibility index (Phi) is 37.2. The number of aromatic amines is 2. The second-order valence-corrected chi connectivity index (χ2v) is 31.5. The normalized spacial score (nSPS) is 12.6. The number of nitrogens with zero attached hydrogens (tertiary/aromatic N) is 14. The second-order valence-electron chi connectivity index (χ2n) is 29.2. The highest BCUT2D eigenvalue weighted by atomic mass is 127. The molecule has 0 atom stereocenters. The molecule has 638 valence electrons. The van der Waals surface area contributed by atoms with Gasteiger partial charge in [-0.1, -0.05) is 48.5 Å². The maximum atomic E-state index is 12.3. The summed E-state index contributed by atoms with van der Waals surface area (Å²) in [6.45, 7) is 17.7. The first-order valence-electron chi connectivity index (χ1n) is 37.0. The lowest BCUT2D eigenvalue weighted by atomic mass is 10.1. The predicted octanol–water partition coefficient (Wildman–Crippen LogP) is 11.6. The van der Waals surface area contributed by atoms with Crippen molar-refractivity contribution >= 4 is 87.2 Å². The number of anilines is 2. The molecule has 0 fully saturated rings. The van der Waals surface area contributed by atoms with Gasteiger partial charge in [0.25, 0.3) is 0 Å². The van der Waals surface area contributed by atoms with Crippen molar-refractivity contribution in [2.24, 2.45) is 0 Å². The number of methoxy groups -OCH3 is 10. The lowest BCUT2D eigenvalue weighted by Crippen LogP contribution is -2.26. The van der Waals surface area contributed by atoms with Crippen molar-refractivity contribution in [3.63, 3.8) is 0 Å². The Morgan fingerprint density at radius 1 is 0.475 bits per heavy atom. The van der Waals surface area contributed by atoms with Crippen LogP contribution in [0.25, 0.3) is 22.3 Å². The van der Waals surface area contributed by atoms with Crippen LogP contribution in [0.1, 0.15) is 167 Å². The molecule has 38 heteroatoms. The first-order valence-corrected chi connectivity index (χ1v) is 39.2. The molecule has 2 aliphatic rings. The molecule has 2 aliphatic carbocycles. The number of fused-ring (bicyclic) bond motifs is 2. The number of ether oxygens (including phenoxy) is 13. The molecule has 4 N–H and O–H groups in total. The Labute approximate surface area is 712 Å². The van der Waals surface area contributed by atoms with Crippen LogP contribution in [0.5, 0.6) is 0 Å². The zero-order chi connectivity index (χ0) is 86.4. The van der Waals surface area contributed by atoms with Gasteiger partial charge in [-0.2, -0.15) is 30.6 Å². The second kappa shape index (κ2) is 46.0. The summed E-state index contributed by atoms with van der Waals surface area (Å²) < 4.78 is 74.6. The first kappa shape index (κ1) is 95.4. The number of carbonyl (C=O) groups is 5. The SMILES string of the molecule is CC(C)(C)OC(=O)Cn1cc(-c2cnc(NC3Cc4ccccc4C3)nc2)c(C=O)n1.COC(OC)c1[nH]ncc1I.COC(OC)c1ccn(C(C)=O)n1.COC(OC)c1ccn[nH]1.COC(OC)c1nn(CC(=O)OC(C)(C)C)cc1-c1cnc(NC2Cc3ccccc3C2)nc1.COC(OC)c1nn(CC(=O)OC(C)(C)C)cc1I. The molecule has 0 saturated carbocycles. The minimum Gasteiger partial charge on any atom is -0.459 e. The molecule has 8 heterocycles. The van der Waals surface area contributed by atoms with Crippen LogP contribution in [-0.2, 0) is 121 Å². The molecule has 10 aromatic rings. The summed E-state index contributed by atoms with van der Waals surface area (Å²) in [5.41, 5.74) is 10.1. The molecule has 2 aromatic carbocycles. The van der Waals surface area contributed by atoms with Crippen LogP contribution in [0.4, 0.5) is 11.9 Å². The van der Waals surface area contributed by atoms with Gasteiger partial charge in [0.15, 0.2) is 12.6 Å². The fraction of sp³-hybridized carbons (Fsp3) is 0.463. The van der Waals surface area contributed by atoms with Crippen LogP contribution in [-0.4, -0.2) is 210 Å². The predicted molar refractivity (Wildman–Crippen MR) is 449 cm³/mol. The van der Waals surface area contributed by atoms with Gasteiger partial charge in [0.1, 0.15) is 64.9 Å². The van der Waals surface area contributed by atoms with Crippen molar-refractivity contribution < 1.29 is 85.6 Å². The third-order valence-electron chi connectivity index (χ3n) is 16.7. The van der Waals surface area contributed by atoms with E-state index in [9.17, 15) is 24.0 Å². The maximum absolute atomic E-state index is 12.3. The van der Waals surface area contributed by atoms with Gasteiger partial charge in [-0.3, -0.25) is 48.2 Å². The van der Waals surface area contributed by atoms with E-state index in [4.69, 9.17) is 61.6 Å². The van der Waals surface area contributed by atoms with Crippen molar-refractivity contribution in [2.45, 2.75) is 175 Å². The van der Waals surface area contributed by atoms with Crippen LogP contribution in [0.2, 0.25) is 0 Å². The third kappa shape index (κ3) is 29.7. The molecule has 12 rings (SSSR count). The summed E-state index contributed by atoms with van der Waals surface area (Å²) in [4.78, 5) is 76.3. The van der Waals surface area contributed by atoms with Gasteiger partial charge in [-0.25, -0.2) is 24.6 Å². The van der Waals surface area contributed by atoms with Gasteiger partial charge < -0.3 is 72.2 Å². The van der Waals surface area contributed by atoms with Gasteiger partial charge in [-0.05, 0) is 168 Å². The number of benzene rings is 2. The number of nitrogens with one attached hydrogen (secondary N) is 4. The summed E-state index contributed by atoms with van der Waals surface area (Å²) in [5, 5.41) is 36.9. The van der Waals surface area contributed by atoms with Crippen molar-refractivity contribution in [1.82, 2.24) is 79.5 Å². The molecule has 118 heavy (non-hydrogen) atoms. The zero-order valence-electron chi connectivity index (χ0n) is 70.0. The van der Waals surface area contributed by atoms with Crippen molar-refractivity contribution in [2.75, 3.05) is 81.7 Å². The van der Waals surface area contributed by atoms with Crippen LogP contribution in [0.15, 0.2) is 123 Å². The number of aromatic nitrogens is 16. The Bertz CT molecular complexity index is 4690. The van der Waals surface area contributed by atoms with Gasteiger partial charge in [-0.15, -0.1) is 0 Å². The molecule has 0 amide bonds. The molecular formula is C80H106I2N18O18. The molecule has 0 unspecified atom stereocenters. The number of carbonyl (C=O) groups excluding carboxylic acids is 5. The van der Waals surface area contributed by atoms with E-state index in [1.807, 2.05) is 41.5 Å². The molecule has 8 aromatic heterocycles. The van der Waals surface area contributed by atoms with Crippen molar-refractivity contribution in [3.05, 3.63) is 186 Å². The van der Waals surface area contributed by atoms with Crippen molar-refractivity contribution in [3.8, 4) is 22.3 Å². The summed E-state index contributed by atoms with van der Waals surface area (Å²) in [7, 11) is 15.5. The maximum Gasteiger partial charge on any atom is 0.328 e. The highest BCUT2D eigenvalue weighted by Crippen LogP contribution is 2.32. The first-order chi connectivity index (χ1) is 56.2. The summed E-state index contributed by atoms with van der Waals surface area (Å²) in [6, 6.07) is 20.9. The molecule has 36 nitrogen and oxygen atoms in total. The summed E-state index contributed by atoms with van der Waals surface area (Å²) >= 11 is 4.29. The van der Waals surface area contributed by atoms with Crippen molar-refractivity contribution in [1.29, 1.82) is 0 Å². The Morgan fingerprint density at radius 3 is 1.25 bits per heavy atom. The Balaban J connectivity index is 0.000000208. The Morgan fingerprint density at radius 2 is 0.873 bits per heavy atom. The van der Waals surface area contributed by atoms with Gasteiger partial charge in [0.2, 0.25) is 43.0 Å². The van der Waals surface area contributed by atoms with E-state index >= 15 is 0 Å². The number of hydrogen-bond donors (Lipinski definition) is 4. The van der Waals surface area contributed by atoms with Gasteiger partial charge in [0, 0.05) is 168 Å². The van der Waals surface area contributed by atoms with E-state index in [1.165, 1.54) is 90.6 Å². The topological polar surface area (TPSA) is 410 Å². The largest absolute Gasteiger partial charge is 0.459 e. The van der Waals surface area contributed by atoms with E-state index in [1.54, 1.807) is 123 Å². The number of aldehydes is 1. The van der Waals surface area contributed by atoms with E-state index < -0.39 is 41.6 Å². The lowest BCUT2D eigenvalue weighted by molar-refractivity contribution is -0.157. The highest BCUT2D eigenvalue weighted by Gasteiger charge is 2.28. The van der Waals surface area contributed by atoms with E-state index in [0.717, 1.165) is 55.3 Å². The van der Waals surface area contributed by atoms with Gasteiger partial charge in [0.05, 0.1) is 19.0 Å². The molecular weight excluding hydrogens is 1750 g/mol. The molecule has 0 spiro atoms. The van der Waals surface area contributed by atoms with Crippen LogP contribution in [0.3, 0.4) is 0 Å². The summed E-state index contributed by atoms with van der Waals surface area (Å²) in [6.07, 6.45) is 18.9. The van der Waals surface area contributed by atoms with E-state index in [2.05, 4.69) is 165 Å². The molecule has 0 radical (unpaired) electrons. The van der Waals surface area contributed by atoms with Gasteiger partial charge >= 0.3 is 17.9 Å². The molecule has 0 saturated heterocycles. The lowest BCUT2D eigenvalue weighted by Gasteiger charge is -2.19. The minimum atomic E-state index is -0.704. The zero-order valence-corrected chi connectivity index (χ0v) is 74.3. The quantitative estimate of drug-likeness (QED) is 0.0116. The number of hydrogen-bond acceptors (Lipinski definition) is 30. The number of halogens is 2. The number of rotatable bonds is 28. The van der Waals surface area contributed by atoms with E-state index in [0.29, 0.717) is 46.4 Å². The standard InChI is InChI=1S/C25H31N5O4.C23H25N5O3.C12H19IN2O4.C8H12N2O3.C6H9IN2O2.C6H10N2O2/c1-25(2,3)34-21(31)15-30-14-20(22(29-30)23(32-4)33-5)18-12-26-24(27-13-18)28-19-10-16-8-6-7-9-17(16)11-19;1-23(2,3)31-21(30)13-28-12-19(20(14-29)27-28)17-10-24-22(25-11-17)26-18-8-15-6-4-5-7-16(15)9-18;1-12(2,3)19-9(16)7-15-6-8(13)10(14-15)11(17-4)18-5;1-6(11)10-5-4-7(9-10)8(12-2)13-3;1-10-6(11-2)5-4(7)3-8-9-5;1-9-6(10-2)5-3-4-7-8-5/h6-9,12-14,19,23H,10-11,15H2,1-5H3,(H,26,27,28);4-7,10-12,14,18H,8-9,13H2,1-3H3,(H,24,25,26);6,11H,7H2,1-5H3;4-5,8H,1-3H3;3,6H,1-2H3,(H,8,9);3-4,6H,1-2H3,(H,7,8). The Hall–Kier alpha value is -9.73. The van der Waals surface area contributed by atoms with Crippen LogP contribution >= 0.6 is 45.2 Å². The number of H-pyrrole nitrogens is 2. The highest BCUT2D eigenvalue weighted by molar-refractivity contribution is 14.1. The van der Waals surface area contributed by atoms with Crippen LogP contribution in [0, 0.1) is 7.14 Å². The number of esters is 3. The molecule has 0 aliphatic heterocycles. The average molecular weight is 1860 g/mol. The minimum absolute atomic E-state index is 0.0346. The average Bonchev–Trinajstić information content (AvgIpc) is 1.67. The fourth-order valence-electron chi connectivity index (χ4n) is 11.8. The smallest absolute Gasteiger partial charge is 0.328 e.